The van der Waals surface area contributed by atoms with Crippen molar-refractivity contribution < 1.29 is 9.53 Å². The van der Waals surface area contributed by atoms with Crippen LogP contribution in [0, 0.1) is 5.92 Å². The molecule has 0 aromatic carbocycles. The van der Waals surface area contributed by atoms with Crippen LogP contribution in [0.15, 0.2) is 0 Å². The molecule has 0 heterocycles. The number of hydrogen-bond donors (Lipinski definition) is 1. The molecule has 1 atom stereocenters. The predicted molar refractivity (Wildman–Crippen MR) is 65.0 cm³/mol. The molecule has 3 heteroatoms. The third-order valence-electron chi connectivity index (χ3n) is 3.29. The molecule has 16 heavy (non-hydrogen) atoms. The highest BCUT2D eigenvalue weighted by Gasteiger charge is 2.40. The number of nitrogens with two attached hydrogens (primary N) is 1. The van der Waals surface area contributed by atoms with Crippen LogP contribution in [0.5, 0.6) is 0 Å². The topological polar surface area (TPSA) is 52.3 Å². The van der Waals surface area contributed by atoms with Gasteiger partial charge >= 0.3 is 5.97 Å². The first-order valence-electron chi connectivity index (χ1n) is 6.26. The molecule has 2 N–H and O–H groups in total. The zero-order valence-corrected chi connectivity index (χ0v) is 11.0. The molecule has 1 aliphatic carbocycles. The molecule has 0 aliphatic heterocycles. The van der Waals surface area contributed by atoms with Gasteiger partial charge in [-0.05, 0) is 46.5 Å². The summed E-state index contributed by atoms with van der Waals surface area (Å²) in [5.74, 6) is 0.0167. The number of ether oxygens (including phenoxy) is 1. The van der Waals surface area contributed by atoms with Crippen molar-refractivity contribution in [3.05, 3.63) is 0 Å². The van der Waals surface area contributed by atoms with Gasteiger partial charge in [-0.15, -0.1) is 0 Å². The van der Waals surface area contributed by atoms with E-state index in [1.807, 2.05) is 27.7 Å². The molecule has 0 unspecified atom stereocenters. The summed E-state index contributed by atoms with van der Waals surface area (Å²) in [5, 5.41) is 0. The van der Waals surface area contributed by atoms with E-state index in [-0.39, 0.29) is 11.9 Å². The molecule has 0 aromatic heterocycles. The van der Waals surface area contributed by atoms with Crippen LogP contribution in [0.25, 0.3) is 0 Å². The Kier molecular flexibility index (Phi) is 4.00. The molecule has 0 radical (unpaired) electrons. The second kappa shape index (κ2) is 4.74. The highest BCUT2D eigenvalue weighted by molar-refractivity contribution is 5.80. The number of carbonyl (C=O) groups is 1. The lowest BCUT2D eigenvalue weighted by Gasteiger charge is -2.36. The molecule has 1 fully saturated rings. The van der Waals surface area contributed by atoms with Crippen molar-refractivity contribution in [1.29, 1.82) is 0 Å². The Bertz CT molecular complexity index is 247. The zero-order chi connectivity index (χ0) is 12.4. The van der Waals surface area contributed by atoms with Gasteiger partial charge in [-0.3, -0.25) is 4.79 Å². The maximum absolute atomic E-state index is 12.0. The molecule has 0 spiro atoms. The summed E-state index contributed by atoms with van der Waals surface area (Å²) in [5.41, 5.74) is 4.89. The van der Waals surface area contributed by atoms with Crippen molar-refractivity contribution in [2.24, 2.45) is 11.7 Å². The standard InChI is InChI=1S/C13H25NO2/c1-12(2,3)16-11(15)13(4,14)10-8-6-5-7-9-10/h10H,5-9,14H2,1-4H3/t13-/m1/s1. The van der Waals surface area contributed by atoms with E-state index in [0.717, 1.165) is 12.8 Å². The molecule has 0 aromatic rings. The Morgan fingerprint density at radius 3 is 2.06 bits per heavy atom. The lowest BCUT2D eigenvalue weighted by Crippen LogP contribution is -2.54. The third-order valence-corrected chi connectivity index (χ3v) is 3.29. The van der Waals surface area contributed by atoms with Crippen LogP contribution in [0.4, 0.5) is 0 Å². The molecule has 1 saturated carbocycles. The second-order valence-corrected chi connectivity index (χ2v) is 6.12. The third kappa shape index (κ3) is 3.48. The van der Waals surface area contributed by atoms with Gasteiger partial charge in [0, 0.05) is 0 Å². The van der Waals surface area contributed by atoms with Crippen LogP contribution >= 0.6 is 0 Å². The molecular formula is C13H25NO2. The summed E-state index contributed by atoms with van der Waals surface area (Å²) >= 11 is 0. The van der Waals surface area contributed by atoms with Crippen LogP contribution in [0.1, 0.15) is 59.8 Å². The summed E-state index contributed by atoms with van der Waals surface area (Å²) in [4.78, 5) is 12.0. The maximum atomic E-state index is 12.0. The maximum Gasteiger partial charge on any atom is 0.326 e. The van der Waals surface area contributed by atoms with Gasteiger partial charge in [0.2, 0.25) is 0 Å². The van der Waals surface area contributed by atoms with Crippen molar-refractivity contribution in [2.75, 3.05) is 0 Å². The highest BCUT2D eigenvalue weighted by atomic mass is 16.6. The summed E-state index contributed by atoms with van der Waals surface area (Å²) < 4.78 is 5.39. The minimum atomic E-state index is -0.826. The van der Waals surface area contributed by atoms with Gasteiger partial charge in [-0.1, -0.05) is 19.3 Å². The summed E-state index contributed by atoms with van der Waals surface area (Å²) in [6.45, 7) is 7.45. The van der Waals surface area contributed by atoms with E-state index in [9.17, 15) is 4.79 Å². The van der Waals surface area contributed by atoms with Crippen LogP contribution in [-0.4, -0.2) is 17.1 Å². The van der Waals surface area contributed by atoms with E-state index in [1.165, 1.54) is 19.3 Å². The molecule has 0 amide bonds. The fraction of sp³-hybridized carbons (Fsp3) is 0.923. The SMILES string of the molecule is CC(C)(C)OC(=O)[C@](C)(N)C1CCCCC1. The zero-order valence-electron chi connectivity index (χ0n) is 11.0. The first kappa shape index (κ1) is 13.5. The first-order valence-corrected chi connectivity index (χ1v) is 6.26. The predicted octanol–water partition coefficient (Wildman–Crippen LogP) is 2.63. The van der Waals surface area contributed by atoms with E-state index in [2.05, 4.69) is 0 Å². The number of carbonyl (C=O) groups excluding carboxylic acids is 1. The van der Waals surface area contributed by atoms with Gasteiger partial charge < -0.3 is 10.5 Å². The Balaban J connectivity index is 2.64. The fourth-order valence-electron chi connectivity index (χ4n) is 2.26. The average molecular weight is 227 g/mol. The van der Waals surface area contributed by atoms with Gasteiger partial charge in [0.25, 0.3) is 0 Å². The quantitative estimate of drug-likeness (QED) is 0.738. The van der Waals surface area contributed by atoms with Crippen LogP contribution in [-0.2, 0) is 9.53 Å². The van der Waals surface area contributed by atoms with Crippen molar-refractivity contribution >= 4 is 5.97 Å². The van der Waals surface area contributed by atoms with Gasteiger partial charge in [0.15, 0.2) is 0 Å². The van der Waals surface area contributed by atoms with Crippen molar-refractivity contribution in [3.63, 3.8) is 0 Å². The molecule has 0 saturated heterocycles. The molecule has 94 valence electrons. The van der Waals surface area contributed by atoms with E-state index >= 15 is 0 Å². The monoisotopic (exact) mass is 227 g/mol. The summed E-state index contributed by atoms with van der Waals surface area (Å²) in [7, 11) is 0. The van der Waals surface area contributed by atoms with E-state index < -0.39 is 11.1 Å². The Morgan fingerprint density at radius 2 is 1.62 bits per heavy atom. The van der Waals surface area contributed by atoms with Crippen LogP contribution in [0.3, 0.4) is 0 Å². The lowest BCUT2D eigenvalue weighted by atomic mass is 9.76. The number of hydrogen-bond acceptors (Lipinski definition) is 3. The fourth-order valence-corrected chi connectivity index (χ4v) is 2.26. The largest absolute Gasteiger partial charge is 0.459 e. The first-order chi connectivity index (χ1) is 7.23. The smallest absolute Gasteiger partial charge is 0.326 e. The second-order valence-electron chi connectivity index (χ2n) is 6.12. The van der Waals surface area contributed by atoms with Gasteiger partial charge in [0.05, 0.1) is 0 Å². The minimum Gasteiger partial charge on any atom is -0.459 e. The molecule has 3 nitrogen and oxygen atoms in total. The number of esters is 1. The van der Waals surface area contributed by atoms with Crippen LogP contribution < -0.4 is 5.73 Å². The molecule has 1 rings (SSSR count). The minimum absolute atomic E-state index is 0.257. The summed E-state index contributed by atoms with van der Waals surface area (Å²) in [6, 6.07) is 0. The van der Waals surface area contributed by atoms with E-state index in [0.29, 0.717) is 0 Å². The lowest BCUT2D eigenvalue weighted by molar-refractivity contribution is -0.163. The van der Waals surface area contributed by atoms with E-state index in [4.69, 9.17) is 10.5 Å². The Hall–Kier alpha value is -0.570. The van der Waals surface area contributed by atoms with E-state index in [1.54, 1.807) is 0 Å². The van der Waals surface area contributed by atoms with Crippen LogP contribution in [0.2, 0.25) is 0 Å². The van der Waals surface area contributed by atoms with Gasteiger partial charge in [-0.2, -0.15) is 0 Å². The Labute approximate surface area is 98.7 Å². The number of rotatable bonds is 2. The highest BCUT2D eigenvalue weighted by Crippen LogP contribution is 2.32. The van der Waals surface area contributed by atoms with Gasteiger partial charge in [-0.25, -0.2) is 0 Å². The average Bonchev–Trinajstić information content (AvgIpc) is 2.16. The normalized spacial score (nSPS) is 22.6. The van der Waals surface area contributed by atoms with Crippen molar-refractivity contribution in [3.8, 4) is 0 Å². The Morgan fingerprint density at radius 1 is 1.12 bits per heavy atom. The van der Waals surface area contributed by atoms with Crippen molar-refractivity contribution in [1.82, 2.24) is 0 Å². The van der Waals surface area contributed by atoms with Gasteiger partial charge in [0.1, 0.15) is 11.1 Å². The molecule has 1 aliphatic rings. The summed E-state index contributed by atoms with van der Waals surface area (Å²) in [6.07, 6.45) is 5.72. The molecular weight excluding hydrogens is 202 g/mol. The van der Waals surface area contributed by atoms with Crippen molar-refractivity contribution in [2.45, 2.75) is 70.9 Å². The molecule has 0 bridgehead atoms.